The number of nitrogens with zero attached hydrogens (tertiary/aromatic N) is 3. The largest absolute Gasteiger partial charge is 0.454 e. The smallest absolute Gasteiger partial charge is 0.422 e. The molecule has 0 spiro atoms. The lowest BCUT2D eigenvalue weighted by Crippen LogP contribution is -2.46. The van der Waals surface area contributed by atoms with Gasteiger partial charge in [0, 0.05) is 28.7 Å². The third-order valence-corrected chi connectivity index (χ3v) is 9.18. The molecule has 3 aromatic rings. The summed E-state index contributed by atoms with van der Waals surface area (Å²) in [5, 5.41) is 20.5. The lowest BCUT2D eigenvalue weighted by atomic mass is 10.1. The van der Waals surface area contributed by atoms with Gasteiger partial charge in [0.25, 0.3) is 0 Å². The standard InChI is InChI=1S/C28H33ClF3N7O4S/c1-17(2)33-15-26(11-12-26)22(40)39-44(41,42)21-9-7-20(8-10-21)34-23-35-24(37-25(36-23)43-16-28(30,31)32)38-27(13-14-27)18-3-5-19(29)6-4-18/h3-10,17,22,33,39-40H,11-16H2,1-2H3,(H2,34,35,36,37,38). The average molecular weight is 656 g/mol. The number of aliphatic hydroxyl groups is 1. The third kappa shape index (κ3) is 8.07. The molecule has 2 aliphatic carbocycles. The Hall–Kier alpha value is -3.24. The molecule has 11 nitrogen and oxygen atoms in total. The first-order chi connectivity index (χ1) is 20.7. The fraction of sp³-hybridized carbons (Fsp3) is 0.464. The fourth-order valence-corrected chi connectivity index (χ4v) is 5.87. The van der Waals surface area contributed by atoms with Crippen molar-refractivity contribution in [2.75, 3.05) is 23.8 Å². The maximum Gasteiger partial charge on any atom is 0.422 e. The first-order valence-electron chi connectivity index (χ1n) is 14.0. The number of benzene rings is 2. The predicted molar refractivity (Wildman–Crippen MR) is 158 cm³/mol. The first-order valence-corrected chi connectivity index (χ1v) is 15.8. The number of aliphatic hydroxyl groups excluding tert-OH is 1. The summed E-state index contributed by atoms with van der Waals surface area (Å²) in [4.78, 5) is 12.2. The summed E-state index contributed by atoms with van der Waals surface area (Å²) >= 11 is 6.01. The van der Waals surface area contributed by atoms with Gasteiger partial charge in [0.2, 0.25) is 21.9 Å². The van der Waals surface area contributed by atoms with Crippen LogP contribution in [0.4, 0.5) is 30.8 Å². The summed E-state index contributed by atoms with van der Waals surface area (Å²) in [6.45, 7) is 2.82. The fourth-order valence-electron chi connectivity index (χ4n) is 4.57. The molecule has 16 heteroatoms. The molecule has 2 fully saturated rings. The Kier molecular flexibility index (Phi) is 8.97. The summed E-state index contributed by atoms with van der Waals surface area (Å²) in [5.74, 6) is -0.130. The van der Waals surface area contributed by atoms with Crippen molar-refractivity contribution in [1.29, 1.82) is 0 Å². The highest BCUT2D eigenvalue weighted by molar-refractivity contribution is 7.89. The zero-order valence-electron chi connectivity index (χ0n) is 23.9. The SMILES string of the molecule is CC(C)NCC1(C(O)NS(=O)(=O)c2ccc(Nc3nc(NC4(c5ccc(Cl)cc5)CC4)nc(OCC(F)(F)F)n3)cc2)CC1. The van der Waals surface area contributed by atoms with Crippen molar-refractivity contribution in [3.05, 3.63) is 59.1 Å². The number of anilines is 3. The van der Waals surface area contributed by atoms with Crippen molar-refractivity contribution in [3.63, 3.8) is 0 Å². The molecule has 44 heavy (non-hydrogen) atoms. The Morgan fingerprint density at radius 3 is 2.18 bits per heavy atom. The molecule has 1 unspecified atom stereocenters. The predicted octanol–water partition coefficient (Wildman–Crippen LogP) is 4.69. The van der Waals surface area contributed by atoms with Gasteiger partial charge in [-0.3, -0.25) is 0 Å². The number of nitrogens with one attached hydrogen (secondary N) is 4. The van der Waals surface area contributed by atoms with Crippen LogP contribution in [0.5, 0.6) is 6.01 Å². The highest BCUT2D eigenvalue weighted by Crippen LogP contribution is 2.49. The van der Waals surface area contributed by atoms with Crippen LogP contribution in [0, 0.1) is 5.41 Å². The highest BCUT2D eigenvalue weighted by Gasteiger charge is 2.50. The van der Waals surface area contributed by atoms with Gasteiger partial charge in [-0.2, -0.15) is 32.8 Å². The van der Waals surface area contributed by atoms with Gasteiger partial charge < -0.3 is 25.8 Å². The van der Waals surface area contributed by atoms with E-state index < -0.39 is 46.0 Å². The number of ether oxygens (including phenoxy) is 1. The summed E-state index contributed by atoms with van der Waals surface area (Å²) in [7, 11) is -4.05. The molecule has 2 aliphatic rings. The van der Waals surface area contributed by atoms with E-state index in [0.717, 1.165) is 18.4 Å². The first kappa shape index (κ1) is 32.2. The van der Waals surface area contributed by atoms with Gasteiger partial charge in [0.15, 0.2) is 6.61 Å². The van der Waals surface area contributed by atoms with Gasteiger partial charge in [0.05, 0.1) is 10.4 Å². The molecular formula is C28H33ClF3N7O4S. The van der Waals surface area contributed by atoms with Crippen LogP contribution < -0.4 is 25.4 Å². The van der Waals surface area contributed by atoms with Crippen molar-refractivity contribution in [1.82, 2.24) is 25.0 Å². The number of hydrogen-bond acceptors (Lipinski definition) is 10. The maximum absolute atomic E-state index is 13.0. The number of sulfonamides is 1. The van der Waals surface area contributed by atoms with Crippen LogP contribution in [-0.2, 0) is 15.6 Å². The van der Waals surface area contributed by atoms with Crippen molar-refractivity contribution in [2.45, 2.75) is 68.4 Å². The number of halogens is 4. The zero-order valence-corrected chi connectivity index (χ0v) is 25.5. The molecule has 238 valence electrons. The van der Waals surface area contributed by atoms with Crippen molar-refractivity contribution in [2.24, 2.45) is 5.41 Å². The van der Waals surface area contributed by atoms with E-state index in [9.17, 15) is 26.7 Å². The maximum atomic E-state index is 13.0. The van der Waals surface area contributed by atoms with E-state index in [1.165, 1.54) is 24.3 Å². The van der Waals surface area contributed by atoms with Crippen LogP contribution in [0.25, 0.3) is 0 Å². The van der Waals surface area contributed by atoms with Crippen LogP contribution in [0.2, 0.25) is 5.02 Å². The van der Waals surface area contributed by atoms with Crippen molar-refractivity contribution in [3.8, 4) is 6.01 Å². The number of alkyl halides is 3. The summed E-state index contributed by atoms with van der Waals surface area (Å²) < 4.78 is 71.7. The quantitative estimate of drug-likeness (QED) is 0.155. The van der Waals surface area contributed by atoms with Crippen LogP contribution in [0.1, 0.15) is 45.1 Å². The van der Waals surface area contributed by atoms with Gasteiger partial charge in [-0.1, -0.05) is 37.6 Å². The van der Waals surface area contributed by atoms with Gasteiger partial charge in [0.1, 0.15) is 6.23 Å². The van der Waals surface area contributed by atoms with E-state index in [1.807, 2.05) is 26.0 Å². The second kappa shape index (κ2) is 12.3. The van der Waals surface area contributed by atoms with E-state index in [0.29, 0.717) is 30.1 Å². The molecule has 5 rings (SSSR count). The van der Waals surface area contributed by atoms with E-state index in [2.05, 4.69) is 35.6 Å². The van der Waals surface area contributed by atoms with E-state index in [-0.39, 0.29) is 22.8 Å². The van der Waals surface area contributed by atoms with Crippen molar-refractivity contribution >= 4 is 39.2 Å². The van der Waals surface area contributed by atoms with Crippen LogP contribution in [0.15, 0.2) is 53.4 Å². The van der Waals surface area contributed by atoms with Gasteiger partial charge >= 0.3 is 12.2 Å². The molecule has 1 heterocycles. The monoisotopic (exact) mass is 655 g/mol. The van der Waals surface area contributed by atoms with Gasteiger partial charge in [-0.25, -0.2) is 8.42 Å². The molecule has 0 aliphatic heterocycles. The lowest BCUT2D eigenvalue weighted by molar-refractivity contribution is -0.154. The molecule has 2 saturated carbocycles. The van der Waals surface area contributed by atoms with E-state index in [1.54, 1.807) is 12.1 Å². The molecule has 2 aromatic carbocycles. The molecule has 1 aromatic heterocycles. The minimum absolute atomic E-state index is 0.00882. The molecular weight excluding hydrogens is 623 g/mol. The highest BCUT2D eigenvalue weighted by atomic mass is 35.5. The molecule has 0 radical (unpaired) electrons. The lowest BCUT2D eigenvalue weighted by Gasteiger charge is -2.24. The zero-order chi connectivity index (χ0) is 31.8. The topological polar surface area (TPSA) is 150 Å². The van der Waals surface area contributed by atoms with Gasteiger partial charge in [-0.05, 0) is 67.6 Å². The molecule has 0 bridgehead atoms. The number of rotatable bonds is 14. The summed E-state index contributed by atoms with van der Waals surface area (Å²) in [5.41, 5.74) is 0.181. The summed E-state index contributed by atoms with van der Waals surface area (Å²) in [6, 6.07) is 12.4. The summed E-state index contributed by atoms with van der Waals surface area (Å²) in [6.07, 6.45) is -3.02. The second-order valence-corrected chi connectivity index (χ2v) is 13.6. The van der Waals surface area contributed by atoms with E-state index >= 15 is 0 Å². The minimum atomic E-state index is -4.61. The molecule has 5 N–H and O–H groups in total. The average Bonchev–Trinajstić information content (AvgIpc) is 3.88. The molecule has 0 saturated heterocycles. The minimum Gasteiger partial charge on any atom is -0.454 e. The van der Waals surface area contributed by atoms with E-state index in [4.69, 9.17) is 16.3 Å². The van der Waals surface area contributed by atoms with Crippen LogP contribution >= 0.6 is 11.6 Å². The Labute approximate surface area is 258 Å². The Morgan fingerprint density at radius 2 is 1.61 bits per heavy atom. The Balaban J connectivity index is 1.31. The molecule has 1 atom stereocenters. The van der Waals surface area contributed by atoms with Gasteiger partial charge in [-0.15, -0.1) is 0 Å². The Morgan fingerprint density at radius 1 is 0.977 bits per heavy atom. The second-order valence-electron chi connectivity index (χ2n) is 11.5. The third-order valence-electron chi connectivity index (χ3n) is 7.50. The van der Waals surface area contributed by atoms with Crippen LogP contribution in [-0.4, -0.2) is 60.1 Å². The Bertz CT molecular complexity index is 1570. The number of hydrogen-bond donors (Lipinski definition) is 5. The number of aromatic nitrogens is 3. The van der Waals surface area contributed by atoms with Crippen molar-refractivity contribution < 1.29 is 31.4 Å². The molecule has 0 amide bonds. The normalized spacial score (nSPS) is 17.6. The van der Waals surface area contributed by atoms with Crippen LogP contribution in [0.3, 0.4) is 0 Å².